The van der Waals surface area contributed by atoms with Crippen LogP contribution in [-0.2, 0) is 21.5 Å². The highest BCUT2D eigenvalue weighted by molar-refractivity contribution is 5.84. The Balaban J connectivity index is 1.46. The Morgan fingerprint density at radius 2 is 1.71 bits per heavy atom. The smallest absolute Gasteiger partial charge is 0.279 e. The summed E-state index contributed by atoms with van der Waals surface area (Å²) in [4.78, 5) is 25.5. The number of hydrogen-bond donors (Lipinski definition) is 2. The molecule has 0 radical (unpaired) electrons. The zero-order valence-corrected chi connectivity index (χ0v) is 18.0. The molecule has 1 heterocycles. The van der Waals surface area contributed by atoms with Gasteiger partial charge in [0.05, 0.1) is 0 Å². The quantitative estimate of drug-likeness (QED) is 0.590. The highest BCUT2D eigenvalue weighted by Crippen LogP contribution is 2.24. The molecule has 0 saturated heterocycles. The Bertz CT molecular complexity index is 1030. The topological polar surface area (TPSA) is 111 Å². The van der Waals surface area contributed by atoms with E-state index in [1.54, 1.807) is 6.92 Å². The van der Waals surface area contributed by atoms with Gasteiger partial charge in [0.1, 0.15) is 12.3 Å². The van der Waals surface area contributed by atoms with Crippen molar-refractivity contribution in [3.63, 3.8) is 0 Å². The largest absolute Gasteiger partial charge is 0.481 e. The fraction of sp³-hybridized carbons (Fsp3) is 0.318. The maximum atomic E-state index is 12.2. The fourth-order valence-corrected chi connectivity index (χ4v) is 2.71. The first kappa shape index (κ1) is 21.9. The predicted octanol–water partition coefficient (Wildman–Crippen LogP) is 2.25. The van der Waals surface area contributed by atoms with Gasteiger partial charge in [-0.05, 0) is 35.2 Å². The van der Waals surface area contributed by atoms with Gasteiger partial charge in [-0.2, -0.15) is 4.80 Å². The summed E-state index contributed by atoms with van der Waals surface area (Å²) in [6.45, 7) is 7.78. The van der Waals surface area contributed by atoms with Crippen LogP contribution in [0.4, 0.5) is 0 Å². The molecule has 162 valence electrons. The second-order valence-electron chi connectivity index (χ2n) is 8.08. The van der Waals surface area contributed by atoms with E-state index in [4.69, 9.17) is 4.74 Å². The summed E-state index contributed by atoms with van der Waals surface area (Å²) in [5.41, 5.74) is 6.67. The Morgan fingerprint density at radius 3 is 2.35 bits per heavy atom. The minimum absolute atomic E-state index is 0.0343. The summed E-state index contributed by atoms with van der Waals surface area (Å²) >= 11 is 0. The molecule has 2 N–H and O–H groups in total. The highest BCUT2D eigenvalue weighted by Gasteiger charge is 2.17. The Hall–Kier alpha value is -3.75. The van der Waals surface area contributed by atoms with Gasteiger partial charge in [0.25, 0.3) is 11.8 Å². The van der Waals surface area contributed by atoms with Crippen molar-refractivity contribution in [2.45, 2.75) is 45.8 Å². The minimum Gasteiger partial charge on any atom is -0.481 e. The standard InChI is InChI=1S/C22H26N6O3/c1-15(31-18-12-10-17(11-13-18)22(2,3)4)21(30)25-23-19(29)14-28-26-20(24-27-28)16-8-6-5-7-9-16/h5-13,15H,14H2,1-4H3,(H,23,29)(H,25,30)/t15-/m0/s1. The summed E-state index contributed by atoms with van der Waals surface area (Å²) < 4.78 is 5.64. The lowest BCUT2D eigenvalue weighted by atomic mass is 9.87. The van der Waals surface area contributed by atoms with E-state index in [1.807, 2.05) is 54.6 Å². The number of hydrazine groups is 1. The first-order valence-electron chi connectivity index (χ1n) is 9.91. The average molecular weight is 422 g/mol. The number of tetrazole rings is 1. The Morgan fingerprint density at radius 1 is 1.03 bits per heavy atom. The van der Waals surface area contributed by atoms with Crippen molar-refractivity contribution in [2.75, 3.05) is 0 Å². The van der Waals surface area contributed by atoms with E-state index in [2.05, 4.69) is 47.0 Å². The molecule has 0 unspecified atom stereocenters. The molecule has 9 heteroatoms. The molecular weight excluding hydrogens is 396 g/mol. The van der Waals surface area contributed by atoms with Gasteiger partial charge in [-0.15, -0.1) is 10.2 Å². The van der Waals surface area contributed by atoms with E-state index in [1.165, 1.54) is 5.56 Å². The third-order valence-corrected chi connectivity index (χ3v) is 4.50. The maximum Gasteiger partial charge on any atom is 0.279 e. The number of nitrogens with zero attached hydrogens (tertiary/aromatic N) is 4. The molecule has 0 aliphatic rings. The molecule has 9 nitrogen and oxygen atoms in total. The van der Waals surface area contributed by atoms with Crippen LogP contribution in [-0.4, -0.2) is 38.1 Å². The van der Waals surface area contributed by atoms with Gasteiger partial charge in [0.2, 0.25) is 5.82 Å². The summed E-state index contributed by atoms with van der Waals surface area (Å²) in [7, 11) is 0. The lowest BCUT2D eigenvalue weighted by Crippen LogP contribution is -2.48. The van der Waals surface area contributed by atoms with Crippen molar-refractivity contribution in [2.24, 2.45) is 0 Å². The number of ether oxygens (including phenoxy) is 1. The third kappa shape index (κ3) is 6.11. The van der Waals surface area contributed by atoms with E-state index in [0.29, 0.717) is 11.6 Å². The predicted molar refractivity (Wildman–Crippen MR) is 115 cm³/mol. The number of carbonyl (C=O) groups is 2. The molecule has 31 heavy (non-hydrogen) atoms. The van der Waals surface area contributed by atoms with Crippen LogP contribution in [0.2, 0.25) is 0 Å². The molecular formula is C22H26N6O3. The molecule has 1 atom stereocenters. The minimum atomic E-state index is -0.796. The number of benzene rings is 2. The molecule has 0 aliphatic carbocycles. The highest BCUT2D eigenvalue weighted by atomic mass is 16.5. The van der Waals surface area contributed by atoms with Crippen LogP contribution in [0.15, 0.2) is 54.6 Å². The molecule has 0 saturated carbocycles. The number of carbonyl (C=O) groups excluding carboxylic acids is 2. The van der Waals surface area contributed by atoms with E-state index in [0.717, 1.165) is 10.4 Å². The van der Waals surface area contributed by atoms with E-state index in [9.17, 15) is 9.59 Å². The van der Waals surface area contributed by atoms with Crippen LogP contribution >= 0.6 is 0 Å². The molecule has 1 aromatic heterocycles. The number of rotatable bonds is 6. The zero-order chi connectivity index (χ0) is 22.4. The molecule has 0 fully saturated rings. The summed E-state index contributed by atoms with van der Waals surface area (Å²) in [6.07, 6.45) is -0.796. The van der Waals surface area contributed by atoms with Gasteiger partial charge < -0.3 is 4.74 Å². The van der Waals surface area contributed by atoms with Gasteiger partial charge in [-0.25, -0.2) is 0 Å². The van der Waals surface area contributed by atoms with Crippen LogP contribution < -0.4 is 15.6 Å². The first-order chi connectivity index (χ1) is 14.7. The second-order valence-corrected chi connectivity index (χ2v) is 8.08. The van der Waals surface area contributed by atoms with Gasteiger partial charge >= 0.3 is 0 Å². The van der Waals surface area contributed by atoms with Crippen molar-refractivity contribution in [3.05, 3.63) is 60.2 Å². The molecule has 3 aromatic rings. The number of nitrogens with one attached hydrogen (secondary N) is 2. The molecule has 2 amide bonds. The first-order valence-corrected chi connectivity index (χ1v) is 9.91. The van der Waals surface area contributed by atoms with Crippen LogP contribution in [0.1, 0.15) is 33.3 Å². The van der Waals surface area contributed by atoms with E-state index < -0.39 is 17.9 Å². The van der Waals surface area contributed by atoms with Gasteiger partial charge in [0.15, 0.2) is 6.10 Å². The average Bonchev–Trinajstić information content (AvgIpc) is 3.20. The Labute approximate surface area is 180 Å². The third-order valence-electron chi connectivity index (χ3n) is 4.50. The maximum absolute atomic E-state index is 12.2. The number of aromatic nitrogens is 4. The molecule has 3 rings (SSSR count). The van der Waals surface area contributed by atoms with Crippen molar-refractivity contribution < 1.29 is 14.3 Å². The van der Waals surface area contributed by atoms with E-state index in [-0.39, 0.29) is 12.0 Å². The molecule has 0 spiro atoms. The lowest BCUT2D eigenvalue weighted by Gasteiger charge is -2.20. The van der Waals surface area contributed by atoms with Crippen LogP contribution in [0, 0.1) is 0 Å². The summed E-state index contributed by atoms with van der Waals surface area (Å²) in [6, 6.07) is 16.9. The SMILES string of the molecule is C[C@H](Oc1ccc(C(C)(C)C)cc1)C(=O)NNC(=O)Cn1nnc(-c2ccccc2)n1. The molecule has 2 aromatic carbocycles. The zero-order valence-electron chi connectivity index (χ0n) is 18.0. The molecule has 0 bridgehead atoms. The number of hydrogen-bond acceptors (Lipinski definition) is 6. The number of amides is 2. The van der Waals surface area contributed by atoms with Crippen LogP contribution in [0.3, 0.4) is 0 Å². The van der Waals surface area contributed by atoms with Crippen molar-refractivity contribution in [1.29, 1.82) is 0 Å². The van der Waals surface area contributed by atoms with E-state index >= 15 is 0 Å². The normalized spacial score (nSPS) is 12.1. The van der Waals surface area contributed by atoms with Gasteiger partial charge in [-0.1, -0.05) is 63.2 Å². The van der Waals surface area contributed by atoms with Gasteiger partial charge in [0, 0.05) is 5.56 Å². The van der Waals surface area contributed by atoms with Gasteiger partial charge in [-0.3, -0.25) is 20.4 Å². The summed E-state index contributed by atoms with van der Waals surface area (Å²) in [5, 5.41) is 11.9. The van der Waals surface area contributed by atoms with Crippen LogP contribution in [0.5, 0.6) is 5.75 Å². The summed E-state index contributed by atoms with van der Waals surface area (Å²) in [5.74, 6) is 0.0102. The van der Waals surface area contributed by atoms with Crippen molar-refractivity contribution in [1.82, 2.24) is 31.1 Å². The lowest BCUT2D eigenvalue weighted by molar-refractivity contribution is -0.133. The monoisotopic (exact) mass is 422 g/mol. The Kier molecular flexibility index (Phi) is 6.64. The fourth-order valence-electron chi connectivity index (χ4n) is 2.71. The van der Waals surface area contributed by atoms with Crippen molar-refractivity contribution >= 4 is 11.8 Å². The second kappa shape index (κ2) is 9.38. The van der Waals surface area contributed by atoms with Crippen molar-refractivity contribution in [3.8, 4) is 17.1 Å². The molecule has 0 aliphatic heterocycles. The van der Waals surface area contributed by atoms with Crippen LogP contribution in [0.25, 0.3) is 11.4 Å².